The van der Waals surface area contributed by atoms with E-state index in [-0.39, 0.29) is 6.09 Å². The summed E-state index contributed by atoms with van der Waals surface area (Å²) in [5, 5.41) is 2.71. The van der Waals surface area contributed by atoms with Crippen LogP contribution >= 0.6 is 0 Å². The number of H-pyrrole nitrogens is 1. The molecule has 19 heavy (non-hydrogen) atoms. The first-order chi connectivity index (χ1) is 9.15. The molecule has 0 fully saturated rings. The van der Waals surface area contributed by atoms with E-state index >= 15 is 0 Å². The summed E-state index contributed by atoms with van der Waals surface area (Å²) in [5.74, 6) is 1.21. The Kier molecular flexibility index (Phi) is 4.39. The quantitative estimate of drug-likeness (QED) is 0.869. The summed E-state index contributed by atoms with van der Waals surface area (Å²) < 4.78 is 5.02. The van der Waals surface area contributed by atoms with Gasteiger partial charge in [0, 0.05) is 13.0 Å². The molecule has 0 aliphatic carbocycles. The van der Waals surface area contributed by atoms with Gasteiger partial charge in [-0.05, 0) is 18.1 Å². The number of aromatic nitrogens is 2. The number of hydrogen-bond donors (Lipinski definition) is 2. The predicted octanol–water partition coefficient (Wildman–Crippen LogP) is 2.49. The van der Waals surface area contributed by atoms with Gasteiger partial charge >= 0.3 is 6.09 Å². The topological polar surface area (TPSA) is 67.0 Å². The molecule has 0 atom stereocenters. The second-order valence-corrected chi connectivity index (χ2v) is 4.87. The fourth-order valence-corrected chi connectivity index (χ4v) is 1.70. The number of hydrogen-bond acceptors (Lipinski definition) is 3. The van der Waals surface area contributed by atoms with E-state index in [1.807, 2.05) is 38.1 Å². The zero-order valence-corrected chi connectivity index (χ0v) is 11.3. The smallest absolute Gasteiger partial charge is 0.407 e. The van der Waals surface area contributed by atoms with Crippen molar-refractivity contribution in [3.8, 4) is 0 Å². The molecule has 5 heteroatoms. The Balaban J connectivity index is 1.77. The molecule has 2 rings (SSSR count). The van der Waals surface area contributed by atoms with Gasteiger partial charge in [0.05, 0.1) is 17.6 Å². The van der Waals surface area contributed by atoms with Crippen molar-refractivity contribution in [3.63, 3.8) is 0 Å². The van der Waals surface area contributed by atoms with Gasteiger partial charge < -0.3 is 15.0 Å². The fourth-order valence-electron chi connectivity index (χ4n) is 1.70. The van der Waals surface area contributed by atoms with Gasteiger partial charge in [-0.1, -0.05) is 26.0 Å². The summed E-state index contributed by atoms with van der Waals surface area (Å²) in [6.45, 7) is 4.95. The van der Waals surface area contributed by atoms with Gasteiger partial charge in [0.15, 0.2) is 0 Å². The summed E-state index contributed by atoms with van der Waals surface area (Å²) in [5.41, 5.74) is 1.96. The molecule has 0 aliphatic heterocycles. The van der Waals surface area contributed by atoms with E-state index in [1.165, 1.54) is 0 Å². The number of imidazole rings is 1. The number of carbonyl (C=O) groups is 1. The number of nitrogens with one attached hydrogen (secondary N) is 2. The van der Waals surface area contributed by atoms with Gasteiger partial charge in [-0.3, -0.25) is 0 Å². The normalized spacial score (nSPS) is 10.9. The van der Waals surface area contributed by atoms with Crippen LogP contribution in [0.4, 0.5) is 4.79 Å². The molecule has 0 spiro atoms. The second-order valence-electron chi connectivity index (χ2n) is 4.87. The molecule has 1 heterocycles. The van der Waals surface area contributed by atoms with Crippen molar-refractivity contribution in [2.45, 2.75) is 20.3 Å². The third kappa shape index (κ3) is 3.98. The van der Waals surface area contributed by atoms with Crippen LogP contribution in [-0.2, 0) is 11.2 Å². The molecular weight excluding hydrogens is 242 g/mol. The van der Waals surface area contributed by atoms with Crippen LogP contribution in [0.15, 0.2) is 24.3 Å². The summed E-state index contributed by atoms with van der Waals surface area (Å²) in [6, 6.07) is 7.86. The van der Waals surface area contributed by atoms with Crippen molar-refractivity contribution in [3.05, 3.63) is 30.1 Å². The van der Waals surface area contributed by atoms with E-state index in [2.05, 4.69) is 15.3 Å². The molecule has 0 bridgehead atoms. The fraction of sp³-hybridized carbons (Fsp3) is 0.429. The molecule has 1 aromatic heterocycles. The Morgan fingerprint density at radius 1 is 1.42 bits per heavy atom. The Morgan fingerprint density at radius 3 is 2.95 bits per heavy atom. The van der Waals surface area contributed by atoms with Crippen molar-refractivity contribution in [1.29, 1.82) is 0 Å². The van der Waals surface area contributed by atoms with Crippen molar-refractivity contribution < 1.29 is 9.53 Å². The Labute approximate surface area is 112 Å². The van der Waals surface area contributed by atoms with E-state index < -0.39 is 0 Å². The summed E-state index contributed by atoms with van der Waals surface area (Å²) in [6.07, 6.45) is 0.288. The van der Waals surface area contributed by atoms with Gasteiger partial charge in [0.2, 0.25) is 0 Å². The lowest BCUT2D eigenvalue weighted by Gasteiger charge is -2.07. The average molecular weight is 261 g/mol. The number of aromatic amines is 1. The number of amides is 1. The minimum Gasteiger partial charge on any atom is -0.449 e. The highest BCUT2D eigenvalue weighted by atomic mass is 16.5. The summed E-state index contributed by atoms with van der Waals surface area (Å²) >= 11 is 0. The van der Waals surface area contributed by atoms with E-state index in [1.54, 1.807) is 0 Å². The third-order valence-electron chi connectivity index (χ3n) is 2.62. The van der Waals surface area contributed by atoms with Gasteiger partial charge in [0.25, 0.3) is 0 Å². The van der Waals surface area contributed by atoms with Gasteiger partial charge in [0.1, 0.15) is 5.82 Å². The minimum atomic E-state index is -0.371. The van der Waals surface area contributed by atoms with E-state index in [4.69, 9.17) is 4.74 Å². The van der Waals surface area contributed by atoms with Crippen LogP contribution in [0, 0.1) is 5.92 Å². The highest BCUT2D eigenvalue weighted by molar-refractivity contribution is 5.74. The maximum atomic E-state index is 11.3. The van der Waals surface area contributed by atoms with Crippen molar-refractivity contribution in [2.24, 2.45) is 5.92 Å². The number of ether oxygens (including phenoxy) is 1. The maximum Gasteiger partial charge on any atom is 0.407 e. The molecule has 0 aliphatic rings. The Bertz CT molecular complexity index is 515. The third-order valence-corrected chi connectivity index (χ3v) is 2.62. The highest BCUT2D eigenvalue weighted by Gasteiger charge is 2.05. The molecule has 2 N–H and O–H groups in total. The number of carbonyl (C=O) groups excluding carboxylic acids is 1. The van der Waals surface area contributed by atoms with E-state index in [0.717, 1.165) is 16.9 Å². The Hall–Kier alpha value is -2.04. The molecule has 0 radical (unpaired) electrons. The zero-order valence-electron chi connectivity index (χ0n) is 11.3. The summed E-state index contributed by atoms with van der Waals surface area (Å²) in [7, 11) is 0. The first kappa shape index (κ1) is 13.4. The number of benzene rings is 1. The standard InChI is InChI=1S/C14H19N3O2/c1-10(2)9-19-14(18)15-8-7-13-16-11-5-3-4-6-12(11)17-13/h3-6,10H,7-9H2,1-2H3,(H,15,18)(H,16,17). The number of fused-ring (bicyclic) bond motifs is 1. The van der Waals surface area contributed by atoms with Gasteiger partial charge in [-0.15, -0.1) is 0 Å². The van der Waals surface area contributed by atoms with Crippen molar-refractivity contribution in [1.82, 2.24) is 15.3 Å². The van der Waals surface area contributed by atoms with Gasteiger partial charge in [-0.25, -0.2) is 9.78 Å². The number of alkyl carbamates (subject to hydrolysis) is 1. The SMILES string of the molecule is CC(C)COC(=O)NCCc1nc2ccccc2[nH]1. The Morgan fingerprint density at radius 2 is 2.21 bits per heavy atom. The average Bonchev–Trinajstić information content (AvgIpc) is 2.79. The van der Waals surface area contributed by atoms with Crippen LogP contribution in [0.1, 0.15) is 19.7 Å². The van der Waals surface area contributed by atoms with Crippen LogP contribution in [0.25, 0.3) is 11.0 Å². The molecule has 0 saturated carbocycles. The largest absolute Gasteiger partial charge is 0.449 e. The van der Waals surface area contributed by atoms with E-state index in [9.17, 15) is 4.79 Å². The molecule has 1 aromatic carbocycles. The van der Waals surface area contributed by atoms with Crippen LogP contribution in [0.2, 0.25) is 0 Å². The number of nitrogens with zero attached hydrogens (tertiary/aromatic N) is 1. The lowest BCUT2D eigenvalue weighted by Crippen LogP contribution is -2.27. The minimum absolute atomic E-state index is 0.348. The molecule has 0 unspecified atom stereocenters. The zero-order chi connectivity index (χ0) is 13.7. The second kappa shape index (κ2) is 6.22. The first-order valence-corrected chi connectivity index (χ1v) is 6.49. The number of rotatable bonds is 5. The highest BCUT2D eigenvalue weighted by Crippen LogP contribution is 2.10. The maximum absolute atomic E-state index is 11.3. The van der Waals surface area contributed by atoms with Crippen LogP contribution in [0.5, 0.6) is 0 Å². The van der Waals surface area contributed by atoms with Crippen LogP contribution in [0.3, 0.4) is 0 Å². The number of para-hydroxylation sites is 2. The molecular formula is C14H19N3O2. The molecule has 5 nitrogen and oxygen atoms in total. The lowest BCUT2D eigenvalue weighted by atomic mass is 10.2. The monoisotopic (exact) mass is 261 g/mol. The first-order valence-electron chi connectivity index (χ1n) is 6.49. The molecule has 2 aromatic rings. The molecule has 102 valence electrons. The summed E-state index contributed by atoms with van der Waals surface area (Å²) in [4.78, 5) is 19.0. The van der Waals surface area contributed by atoms with Crippen LogP contribution in [-0.4, -0.2) is 29.2 Å². The predicted molar refractivity (Wildman–Crippen MR) is 74.0 cm³/mol. The van der Waals surface area contributed by atoms with Crippen molar-refractivity contribution >= 4 is 17.1 Å². The molecule has 1 amide bonds. The van der Waals surface area contributed by atoms with E-state index in [0.29, 0.717) is 25.5 Å². The van der Waals surface area contributed by atoms with Gasteiger partial charge in [-0.2, -0.15) is 0 Å². The van der Waals surface area contributed by atoms with Crippen LogP contribution < -0.4 is 5.32 Å². The van der Waals surface area contributed by atoms with Crippen molar-refractivity contribution in [2.75, 3.05) is 13.2 Å². The lowest BCUT2D eigenvalue weighted by molar-refractivity contribution is 0.133. The molecule has 0 saturated heterocycles.